The Labute approximate surface area is 126 Å². The van der Waals surface area contributed by atoms with Crippen LogP contribution in [-0.2, 0) is 13.1 Å². The van der Waals surface area contributed by atoms with E-state index in [0.717, 1.165) is 24.6 Å². The van der Waals surface area contributed by atoms with Gasteiger partial charge < -0.3 is 10.2 Å². The van der Waals surface area contributed by atoms with Crippen LogP contribution in [0.1, 0.15) is 29.5 Å². The minimum atomic E-state index is 0.717. The SMILES string of the molecule is Cc1ccc(CN(C)c2ncc(CNC3CC3)cn2)cc1. The molecule has 1 N–H and O–H groups in total. The van der Waals surface area contributed by atoms with E-state index in [-0.39, 0.29) is 0 Å². The van der Waals surface area contributed by atoms with Crippen LogP contribution in [0.2, 0.25) is 0 Å². The molecule has 1 saturated carbocycles. The second kappa shape index (κ2) is 6.22. The molecule has 0 spiro atoms. The third-order valence-corrected chi connectivity index (χ3v) is 3.75. The van der Waals surface area contributed by atoms with Gasteiger partial charge in [0.25, 0.3) is 0 Å². The lowest BCUT2D eigenvalue weighted by molar-refractivity contribution is 0.682. The fourth-order valence-electron chi connectivity index (χ4n) is 2.22. The molecule has 2 aromatic rings. The molecule has 1 aliphatic carbocycles. The van der Waals surface area contributed by atoms with E-state index >= 15 is 0 Å². The molecule has 1 aromatic carbocycles. The quantitative estimate of drug-likeness (QED) is 0.884. The molecule has 0 aliphatic heterocycles. The second-order valence-electron chi connectivity index (χ2n) is 5.89. The van der Waals surface area contributed by atoms with Gasteiger partial charge in [-0.05, 0) is 25.3 Å². The van der Waals surface area contributed by atoms with Crippen LogP contribution in [0.3, 0.4) is 0 Å². The number of rotatable bonds is 6. The van der Waals surface area contributed by atoms with Crippen molar-refractivity contribution < 1.29 is 0 Å². The van der Waals surface area contributed by atoms with Gasteiger partial charge in [0.2, 0.25) is 5.95 Å². The summed E-state index contributed by atoms with van der Waals surface area (Å²) in [7, 11) is 2.03. The molecule has 0 radical (unpaired) electrons. The number of nitrogens with one attached hydrogen (secondary N) is 1. The highest BCUT2D eigenvalue weighted by molar-refractivity contribution is 5.32. The maximum atomic E-state index is 4.47. The van der Waals surface area contributed by atoms with E-state index in [0.29, 0.717) is 6.04 Å². The van der Waals surface area contributed by atoms with Gasteiger partial charge >= 0.3 is 0 Å². The van der Waals surface area contributed by atoms with Crippen molar-refractivity contribution in [3.63, 3.8) is 0 Å². The summed E-state index contributed by atoms with van der Waals surface area (Å²) in [5.74, 6) is 0.769. The molecule has 1 aromatic heterocycles. The molecule has 3 rings (SSSR count). The first kappa shape index (κ1) is 14.0. The molecular weight excluding hydrogens is 260 g/mol. The maximum Gasteiger partial charge on any atom is 0.225 e. The van der Waals surface area contributed by atoms with Gasteiger partial charge in [0.15, 0.2) is 0 Å². The number of hydrogen-bond acceptors (Lipinski definition) is 4. The fraction of sp³-hybridized carbons (Fsp3) is 0.412. The first-order valence-electron chi connectivity index (χ1n) is 7.52. The standard InChI is InChI=1S/C17H22N4/c1-13-3-5-14(6-4-13)12-21(2)17-19-10-15(11-20-17)9-18-16-7-8-16/h3-6,10-11,16,18H,7-9,12H2,1-2H3. The molecule has 0 unspecified atom stereocenters. The van der Waals surface area contributed by atoms with Crippen molar-refractivity contribution in [1.29, 1.82) is 0 Å². The monoisotopic (exact) mass is 282 g/mol. The van der Waals surface area contributed by atoms with Crippen LogP contribution in [0.15, 0.2) is 36.7 Å². The molecule has 0 amide bonds. The summed E-state index contributed by atoms with van der Waals surface area (Å²) in [6, 6.07) is 9.29. The molecule has 0 saturated heterocycles. The Morgan fingerprint density at radius 1 is 1.10 bits per heavy atom. The van der Waals surface area contributed by atoms with Crippen molar-refractivity contribution in [3.8, 4) is 0 Å². The summed E-state index contributed by atoms with van der Waals surface area (Å²) in [6.07, 6.45) is 6.45. The van der Waals surface area contributed by atoms with E-state index in [1.807, 2.05) is 19.4 Å². The number of hydrogen-bond donors (Lipinski definition) is 1. The van der Waals surface area contributed by atoms with Crippen LogP contribution < -0.4 is 10.2 Å². The van der Waals surface area contributed by atoms with E-state index in [1.54, 1.807) is 0 Å². The Balaban J connectivity index is 1.58. The summed E-state index contributed by atoms with van der Waals surface area (Å²) < 4.78 is 0. The third kappa shape index (κ3) is 4.02. The summed E-state index contributed by atoms with van der Waals surface area (Å²) in [5.41, 5.74) is 3.70. The number of aryl methyl sites for hydroxylation is 1. The highest BCUT2D eigenvalue weighted by Gasteiger charge is 2.20. The highest BCUT2D eigenvalue weighted by atomic mass is 15.2. The summed E-state index contributed by atoms with van der Waals surface area (Å²) in [4.78, 5) is 11.0. The van der Waals surface area contributed by atoms with Crippen LogP contribution in [0.4, 0.5) is 5.95 Å². The molecule has 4 nitrogen and oxygen atoms in total. The minimum Gasteiger partial charge on any atom is -0.340 e. The molecule has 1 fully saturated rings. The zero-order valence-electron chi connectivity index (χ0n) is 12.7. The Kier molecular flexibility index (Phi) is 4.15. The number of nitrogens with zero attached hydrogens (tertiary/aromatic N) is 3. The zero-order valence-corrected chi connectivity index (χ0v) is 12.7. The van der Waals surface area contributed by atoms with Gasteiger partial charge in [0, 0.05) is 44.1 Å². The largest absolute Gasteiger partial charge is 0.340 e. The van der Waals surface area contributed by atoms with Crippen LogP contribution in [0.25, 0.3) is 0 Å². The van der Waals surface area contributed by atoms with Gasteiger partial charge in [0.05, 0.1) is 0 Å². The van der Waals surface area contributed by atoms with Crippen LogP contribution in [0.5, 0.6) is 0 Å². The lowest BCUT2D eigenvalue weighted by Crippen LogP contribution is -2.20. The molecule has 110 valence electrons. The Morgan fingerprint density at radius 2 is 1.76 bits per heavy atom. The zero-order chi connectivity index (χ0) is 14.7. The molecule has 4 heteroatoms. The minimum absolute atomic E-state index is 0.717. The highest BCUT2D eigenvalue weighted by Crippen LogP contribution is 2.19. The number of aromatic nitrogens is 2. The maximum absolute atomic E-state index is 4.47. The van der Waals surface area contributed by atoms with Crippen molar-refractivity contribution in [1.82, 2.24) is 15.3 Å². The van der Waals surface area contributed by atoms with E-state index in [9.17, 15) is 0 Å². The molecule has 21 heavy (non-hydrogen) atoms. The van der Waals surface area contributed by atoms with Crippen LogP contribution in [-0.4, -0.2) is 23.1 Å². The van der Waals surface area contributed by atoms with Gasteiger partial charge in [-0.3, -0.25) is 0 Å². The first-order valence-corrected chi connectivity index (χ1v) is 7.52. The summed E-state index contributed by atoms with van der Waals surface area (Å²) in [5, 5.41) is 3.47. The summed E-state index contributed by atoms with van der Waals surface area (Å²) in [6.45, 7) is 3.79. The summed E-state index contributed by atoms with van der Waals surface area (Å²) >= 11 is 0. The smallest absolute Gasteiger partial charge is 0.225 e. The van der Waals surface area contributed by atoms with Gasteiger partial charge in [-0.2, -0.15) is 0 Å². The van der Waals surface area contributed by atoms with Crippen molar-refractivity contribution >= 4 is 5.95 Å². The van der Waals surface area contributed by atoms with Gasteiger partial charge in [-0.15, -0.1) is 0 Å². The third-order valence-electron chi connectivity index (χ3n) is 3.75. The Hall–Kier alpha value is -1.94. The number of anilines is 1. The molecule has 0 atom stereocenters. The molecule has 1 aliphatic rings. The average Bonchev–Trinajstić information content (AvgIpc) is 3.32. The molecule has 1 heterocycles. The normalized spacial score (nSPS) is 14.2. The molecule has 0 bridgehead atoms. The lowest BCUT2D eigenvalue weighted by Gasteiger charge is -2.17. The lowest BCUT2D eigenvalue weighted by atomic mass is 10.1. The Morgan fingerprint density at radius 3 is 2.38 bits per heavy atom. The predicted octanol–water partition coefficient (Wildman–Crippen LogP) is 2.67. The average molecular weight is 282 g/mol. The first-order chi connectivity index (χ1) is 10.2. The van der Waals surface area contributed by atoms with Gasteiger partial charge in [0.1, 0.15) is 0 Å². The van der Waals surface area contributed by atoms with E-state index in [2.05, 4.69) is 51.4 Å². The number of benzene rings is 1. The van der Waals surface area contributed by atoms with Crippen molar-refractivity contribution in [2.75, 3.05) is 11.9 Å². The predicted molar refractivity (Wildman–Crippen MR) is 85.2 cm³/mol. The van der Waals surface area contributed by atoms with Gasteiger partial charge in [-0.1, -0.05) is 29.8 Å². The van der Waals surface area contributed by atoms with E-state index < -0.39 is 0 Å². The van der Waals surface area contributed by atoms with Crippen molar-refractivity contribution in [3.05, 3.63) is 53.3 Å². The fourth-order valence-corrected chi connectivity index (χ4v) is 2.22. The van der Waals surface area contributed by atoms with Crippen LogP contribution >= 0.6 is 0 Å². The van der Waals surface area contributed by atoms with Crippen molar-refractivity contribution in [2.45, 2.75) is 38.9 Å². The second-order valence-corrected chi connectivity index (χ2v) is 5.89. The van der Waals surface area contributed by atoms with E-state index in [4.69, 9.17) is 0 Å². The molecular formula is C17H22N4. The van der Waals surface area contributed by atoms with E-state index in [1.165, 1.54) is 24.0 Å². The Bertz CT molecular complexity index is 573. The van der Waals surface area contributed by atoms with Gasteiger partial charge in [-0.25, -0.2) is 9.97 Å². The van der Waals surface area contributed by atoms with Crippen LogP contribution in [0, 0.1) is 6.92 Å². The topological polar surface area (TPSA) is 41.1 Å². The van der Waals surface area contributed by atoms with Crippen molar-refractivity contribution in [2.24, 2.45) is 0 Å².